The van der Waals surface area contributed by atoms with E-state index in [4.69, 9.17) is 4.98 Å². The molecule has 0 amide bonds. The molecular formula is C22H27N5. The van der Waals surface area contributed by atoms with Crippen molar-refractivity contribution in [2.75, 3.05) is 4.90 Å². The average Bonchev–Trinajstić information content (AvgIpc) is 2.61. The van der Waals surface area contributed by atoms with Gasteiger partial charge in [-0.1, -0.05) is 32.9 Å². The summed E-state index contributed by atoms with van der Waals surface area (Å²) >= 11 is 0. The Morgan fingerprint density at radius 1 is 0.778 bits per heavy atom. The lowest BCUT2D eigenvalue weighted by Crippen LogP contribution is -2.26. The predicted octanol–water partition coefficient (Wildman–Crippen LogP) is 4.39. The van der Waals surface area contributed by atoms with E-state index in [-0.39, 0.29) is 5.41 Å². The number of hydrogen-bond acceptors (Lipinski definition) is 5. The highest BCUT2D eigenvalue weighted by molar-refractivity contribution is 5.39. The molecule has 0 fully saturated rings. The highest BCUT2D eigenvalue weighted by Crippen LogP contribution is 2.22. The van der Waals surface area contributed by atoms with Gasteiger partial charge in [-0.2, -0.15) is 0 Å². The molecule has 0 aliphatic carbocycles. The van der Waals surface area contributed by atoms with Gasteiger partial charge in [-0.05, 0) is 44.2 Å². The van der Waals surface area contributed by atoms with Crippen molar-refractivity contribution < 1.29 is 0 Å². The minimum absolute atomic E-state index is 0.106. The monoisotopic (exact) mass is 361 g/mol. The second kappa shape index (κ2) is 7.82. The summed E-state index contributed by atoms with van der Waals surface area (Å²) in [4.78, 5) is 20.8. The molecule has 3 heterocycles. The lowest BCUT2D eigenvalue weighted by Gasteiger charge is -2.25. The van der Waals surface area contributed by atoms with Crippen LogP contribution in [0.4, 0.5) is 5.82 Å². The van der Waals surface area contributed by atoms with Gasteiger partial charge in [0.15, 0.2) is 0 Å². The standard InChI is InChI=1S/C22H27N5/c1-16-8-6-10-18(24-16)14-27(15-19-11-7-9-17(2)25-19)20-12-13-23-21(26-20)22(3,4)5/h6-13H,14-15H2,1-5H3. The summed E-state index contributed by atoms with van der Waals surface area (Å²) < 4.78 is 0. The lowest BCUT2D eigenvalue weighted by molar-refractivity contribution is 0.543. The molecule has 0 N–H and O–H groups in total. The molecule has 5 nitrogen and oxygen atoms in total. The van der Waals surface area contributed by atoms with Crippen LogP contribution in [0.3, 0.4) is 0 Å². The largest absolute Gasteiger partial charge is 0.345 e. The number of pyridine rings is 2. The number of aryl methyl sites for hydroxylation is 2. The molecule has 0 spiro atoms. The summed E-state index contributed by atoms with van der Waals surface area (Å²) in [6.07, 6.45) is 1.84. The van der Waals surface area contributed by atoms with Gasteiger partial charge in [0.25, 0.3) is 0 Å². The first kappa shape index (κ1) is 19.0. The van der Waals surface area contributed by atoms with Crippen molar-refractivity contribution in [3.8, 4) is 0 Å². The molecule has 3 aromatic rings. The second-order valence-electron chi connectivity index (χ2n) is 7.89. The molecule has 27 heavy (non-hydrogen) atoms. The molecule has 0 saturated carbocycles. The van der Waals surface area contributed by atoms with Gasteiger partial charge < -0.3 is 4.90 Å². The Balaban J connectivity index is 1.96. The molecule has 0 aliphatic rings. The van der Waals surface area contributed by atoms with Crippen LogP contribution in [0, 0.1) is 13.8 Å². The first-order valence-electron chi connectivity index (χ1n) is 9.25. The Labute approximate surface area is 161 Å². The summed E-state index contributed by atoms with van der Waals surface area (Å²) in [5.74, 6) is 1.72. The zero-order valence-corrected chi connectivity index (χ0v) is 16.8. The minimum Gasteiger partial charge on any atom is -0.345 e. The van der Waals surface area contributed by atoms with Crippen molar-refractivity contribution >= 4 is 5.82 Å². The Bertz CT molecular complexity index is 867. The van der Waals surface area contributed by atoms with Crippen LogP contribution < -0.4 is 4.90 Å². The second-order valence-corrected chi connectivity index (χ2v) is 7.89. The molecule has 5 heteroatoms. The third kappa shape index (κ3) is 5.09. The van der Waals surface area contributed by atoms with Crippen LogP contribution in [0.25, 0.3) is 0 Å². The van der Waals surface area contributed by atoms with Crippen molar-refractivity contribution in [1.82, 2.24) is 19.9 Å². The van der Waals surface area contributed by atoms with Crippen molar-refractivity contribution in [3.63, 3.8) is 0 Å². The first-order chi connectivity index (χ1) is 12.8. The van der Waals surface area contributed by atoms with E-state index < -0.39 is 0 Å². The van der Waals surface area contributed by atoms with Gasteiger partial charge in [0.05, 0.1) is 24.5 Å². The molecular weight excluding hydrogens is 334 g/mol. The number of hydrogen-bond donors (Lipinski definition) is 0. The third-order valence-electron chi connectivity index (χ3n) is 4.23. The predicted molar refractivity (Wildman–Crippen MR) is 109 cm³/mol. The van der Waals surface area contributed by atoms with E-state index in [0.29, 0.717) is 13.1 Å². The molecule has 3 rings (SSSR count). The molecule has 0 atom stereocenters. The molecule has 0 unspecified atom stereocenters. The topological polar surface area (TPSA) is 54.8 Å². The average molecular weight is 361 g/mol. The van der Waals surface area contributed by atoms with E-state index in [2.05, 4.69) is 52.8 Å². The Kier molecular flexibility index (Phi) is 5.49. The molecule has 140 valence electrons. The number of rotatable bonds is 5. The zero-order valence-electron chi connectivity index (χ0n) is 16.8. The van der Waals surface area contributed by atoms with Crippen molar-refractivity contribution in [2.45, 2.75) is 53.1 Å². The quantitative estimate of drug-likeness (QED) is 0.675. The normalized spacial score (nSPS) is 11.4. The van der Waals surface area contributed by atoms with Gasteiger partial charge in [-0.25, -0.2) is 9.97 Å². The minimum atomic E-state index is -0.106. The fourth-order valence-electron chi connectivity index (χ4n) is 2.87. The number of aromatic nitrogens is 4. The molecule has 0 aliphatic heterocycles. The molecule has 0 bridgehead atoms. The van der Waals surface area contributed by atoms with Crippen LogP contribution >= 0.6 is 0 Å². The fraction of sp³-hybridized carbons (Fsp3) is 0.364. The maximum absolute atomic E-state index is 4.84. The molecule has 0 radical (unpaired) electrons. The van der Waals surface area contributed by atoms with E-state index in [1.807, 2.05) is 50.4 Å². The van der Waals surface area contributed by atoms with Crippen molar-refractivity contribution in [3.05, 3.63) is 77.3 Å². The van der Waals surface area contributed by atoms with Crippen molar-refractivity contribution in [2.24, 2.45) is 0 Å². The summed E-state index contributed by atoms with van der Waals surface area (Å²) in [5.41, 5.74) is 3.95. The van der Waals surface area contributed by atoms with Crippen LogP contribution in [0.1, 0.15) is 49.4 Å². The van der Waals surface area contributed by atoms with E-state index in [1.165, 1.54) is 0 Å². The van der Waals surface area contributed by atoms with Gasteiger partial charge in [0, 0.05) is 23.0 Å². The van der Waals surface area contributed by atoms with E-state index in [0.717, 1.165) is 34.4 Å². The van der Waals surface area contributed by atoms with Gasteiger partial charge in [0.2, 0.25) is 0 Å². The lowest BCUT2D eigenvalue weighted by atomic mass is 9.96. The molecule has 0 aromatic carbocycles. The van der Waals surface area contributed by atoms with Crippen LogP contribution in [0.2, 0.25) is 0 Å². The first-order valence-corrected chi connectivity index (χ1v) is 9.25. The van der Waals surface area contributed by atoms with E-state index in [9.17, 15) is 0 Å². The summed E-state index contributed by atoms with van der Waals surface area (Å²) in [5, 5.41) is 0. The van der Waals surface area contributed by atoms with E-state index in [1.54, 1.807) is 0 Å². The van der Waals surface area contributed by atoms with Crippen LogP contribution in [-0.4, -0.2) is 19.9 Å². The van der Waals surface area contributed by atoms with Gasteiger partial charge in [0.1, 0.15) is 11.6 Å². The summed E-state index contributed by atoms with van der Waals surface area (Å²) in [6, 6.07) is 14.2. The smallest absolute Gasteiger partial charge is 0.135 e. The van der Waals surface area contributed by atoms with Crippen LogP contribution in [0.15, 0.2) is 48.7 Å². The van der Waals surface area contributed by atoms with Crippen LogP contribution in [0.5, 0.6) is 0 Å². The van der Waals surface area contributed by atoms with Crippen molar-refractivity contribution in [1.29, 1.82) is 0 Å². The Morgan fingerprint density at radius 2 is 1.33 bits per heavy atom. The van der Waals surface area contributed by atoms with Gasteiger partial charge >= 0.3 is 0 Å². The summed E-state index contributed by atoms with van der Waals surface area (Å²) in [7, 11) is 0. The fourth-order valence-corrected chi connectivity index (χ4v) is 2.87. The van der Waals surface area contributed by atoms with E-state index >= 15 is 0 Å². The maximum Gasteiger partial charge on any atom is 0.135 e. The molecule has 3 aromatic heterocycles. The highest BCUT2D eigenvalue weighted by atomic mass is 15.2. The Morgan fingerprint density at radius 3 is 1.81 bits per heavy atom. The van der Waals surface area contributed by atoms with Gasteiger partial charge in [-0.15, -0.1) is 0 Å². The molecule has 0 saturated heterocycles. The third-order valence-corrected chi connectivity index (χ3v) is 4.23. The van der Waals surface area contributed by atoms with Gasteiger partial charge in [-0.3, -0.25) is 9.97 Å². The van der Waals surface area contributed by atoms with Crippen LogP contribution in [-0.2, 0) is 18.5 Å². The summed E-state index contributed by atoms with van der Waals surface area (Å²) in [6.45, 7) is 11.7. The highest BCUT2D eigenvalue weighted by Gasteiger charge is 2.19. The maximum atomic E-state index is 4.84. The number of nitrogens with zero attached hydrogens (tertiary/aromatic N) is 5. The SMILES string of the molecule is Cc1cccc(CN(Cc2cccc(C)n2)c2ccnc(C(C)(C)C)n2)n1. The Hall–Kier alpha value is -2.82. The zero-order chi connectivity index (χ0) is 19.4. The number of anilines is 1.